The Bertz CT molecular complexity index is 465. The number of alkyl halides is 3. The summed E-state index contributed by atoms with van der Waals surface area (Å²) in [5.41, 5.74) is 0.0193. The second kappa shape index (κ2) is 6.69. The van der Waals surface area contributed by atoms with Gasteiger partial charge < -0.3 is 4.74 Å². The Morgan fingerprint density at radius 1 is 1.14 bits per heavy atom. The van der Waals surface area contributed by atoms with Gasteiger partial charge >= 0.3 is 6.18 Å². The van der Waals surface area contributed by atoms with Crippen molar-refractivity contribution in [3.05, 3.63) is 29.3 Å². The molecular formula is C16H22F3NO. The van der Waals surface area contributed by atoms with Crippen LogP contribution in [0.2, 0.25) is 0 Å². The van der Waals surface area contributed by atoms with E-state index in [9.17, 15) is 13.2 Å². The van der Waals surface area contributed by atoms with Gasteiger partial charge in [0.2, 0.25) is 0 Å². The molecule has 1 aliphatic rings. The molecule has 21 heavy (non-hydrogen) atoms. The lowest BCUT2D eigenvalue weighted by molar-refractivity contribution is -0.137. The lowest BCUT2D eigenvalue weighted by Crippen LogP contribution is -2.25. The zero-order valence-corrected chi connectivity index (χ0v) is 12.5. The lowest BCUT2D eigenvalue weighted by atomic mass is 10.00. The highest BCUT2D eigenvalue weighted by Gasteiger charge is 2.31. The lowest BCUT2D eigenvalue weighted by Gasteiger charge is -2.17. The highest BCUT2D eigenvalue weighted by Crippen LogP contribution is 2.34. The molecule has 0 aromatic heterocycles. The minimum absolute atomic E-state index is 0.0354. The van der Waals surface area contributed by atoms with Gasteiger partial charge in [0.25, 0.3) is 0 Å². The summed E-state index contributed by atoms with van der Waals surface area (Å²) in [6.07, 6.45) is -1.94. The summed E-state index contributed by atoms with van der Waals surface area (Å²) in [6, 6.07) is 4.01. The molecule has 1 aromatic carbocycles. The molecule has 2 nitrogen and oxygen atoms in total. The Hall–Kier alpha value is -1.23. The van der Waals surface area contributed by atoms with Crippen LogP contribution in [0.25, 0.3) is 0 Å². The van der Waals surface area contributed by atoms with Crippen molar-refractivity contribution >= 4 is 0 Å². The third kappa shape index (κ3) is 4.63. The van der Waals surface area contributed by atoms with Crippen molar-refractivity contribution < 1.29 is 17.9 Å². The number of hydrogen-bond donors (Lipinski definition) is 0. The van der Waals surface area contributed by atoms with Crippen LogP contribution in [0, 0.1) is 0 Å². The SMILES string of the molecule is CC(C)c1cc(OCCN2CCCC2)cc(C(F)(F)F)c1. The summed E-state index contributed by atoms with van der Waals surface area (Å²) >= 11 is 0. The molecule has 0 unspecified atom stereocenters. The van der Waals surface area contributed by atoms with Crippen LogP contribution in [0.4, 0.5) is 13.2 Å². The highest BCUT2D eigenvalue weighted by atomic mass is 19.4. The molecule has 0 bridgehead atoms. The Labute approximate surface area is 123 Å². The largest absolute Gasteiger partial charge is 0.492 e. The Balaban J connectivity index is 2.04. The van der Waals surface area contributed by atoms with Crippen molar-refractivity contribution in [3.8, 4) is 5.75 Å². The van der Waals surface area contributed by atoms with E-state index < -0.39 is 11.7 Å². The van der Waals surface area contributed by atoms with Crippen molar-refractivity contribution in [2.24, 2.45) is 0 Å². The summed E-state index contributed by atoms with van der Waals surface area (Å²) in [5, 5.41) is 0. The first-order valence-electron chi connectivity index (χ1n) is 7.43. The Morgan fingerprint density at radius 3 is 2.38 bits per heavy atom. The smallest absolute Gasteiger partial charge is 0.416 e. The van der Waals surface area contributed by atoms with Crippen molar-refractivity contribution in [1.82, 2.24) is 4.90 Å². The molecule has 1 saturated heterocycles. The molecule has 1 aliphatic heterocycles. The molecule has 1 aromatic rings. The maximum absolute atomic E-state index is 12.9. The topological polar surface area (TPSA) is 12.5 Å². The average molecular weight is 301 g/mol. The monoisotopic (exact) mass is 301 g/mol. The third-order valence-corrected chi connectivity index (χ3v) is 3.80. The summed E-state index contributed by atoms with van der Waals surface area (Å²) in [4.78, 5) is 2.27. The fourth-order valence-corrected chi connectivity index (χ4v) is 2.50. The Kier molecular flexibility index (Phi) is 5.14. The first-order valence-corrected chi connectivity index (χ1v) is 7.43. The quantitative estimate of drug-likeness (QED) is 0.804. The maximum Gasteiger partial charge on any atom is 0.416 e. The van der Waals surface area contributed by atoms with Crippen LogP contribution in [0.1, 0.15) is 43.7 Å². The van der Waals surface area contributed by atoms with Crippen molar-refractivity contribution in [2.45, 2.75) is 38.8 Å². The van der Waals surface area contributed by atoms with Crippen LogP contribution in [0.5, 0.6) is 5.75 Å². The zero-order valence-electron chi connectivity index (χ0n) is 12.5. The van der Waals surface area contributed by atoms with Gasteiger partial charge in [-0.1, -0.05) is 13.8 Å². The molecule has 0 aliphatic carbocycles. The fourth-order valence-electron chi connectivity index (χ4n) is 2.50. The number of rotatable bonds is 5. The van der Waals surface area contributed by atoms with Crippen LogP contribution in [0.15, 0.2) is 18.2 Å². The Morgan fingerprint density at radius 2 is 1.81 bits per heavy atom. The number of hydrogen-bond acceptors (Lipinski definition) is 2. The second-order valence-electron chi connectivity index (χ2n) is 5.84. The minimum Gasteiger partial charge on any atom is -0.492 e. The second-order valence-corrected chi connectivity index (χ2v) is 5.84. The predicted octanol–water partition coefficient (Wildman–Crippen LogP) is 4.30. The molecule has 1 heterocycles. The summed E-state index contributed by atoms with van der Waals surface area (Å²) in [7, 11) is 0. The van der Waals surface area contributed by atoms with Gasteiger partial charge in [-0.3, -0.25) is 4.90 Å². The number of nitrogens with zero attached hydrogens (tertiary/aromatic N) is 1. The molecular weight excluding hydrogens is 279 g/mol. The van der Waals surface area contributed by atoms with Crippen LogP contribution < -0.4 is 4.74 Å². The summed E-state index contributed by atoms with van der Waals surface area (Å²) in [5.74, 6) is 0.348. The minimum atomic E-state index is -4.34. The van der Waals surface area contributed by atoms with E-state index in [2.05, 4.69) is 4.90 Å². The number of ether oxygens (including phenoxy) is 1. The molecule has 0 saturated carbocycles. The molecule has 5 heteroatoms. The van der Waals surface area contributed by atoms with E-state index in [4.69, 9.17) is 4.74 Å². The van der Waals surface area contributed by atoms with E-state index >= 15 is 0 Å². The summed E-state index contributed by atoms with van der Waals surface area (Å²) < 4.78 is 44.3. The van der Waals surface area contributed by atoms with E-state index in [1.54, 1.807) is 6.07 Å². The maximum atomic E-state index is 12.9. The molecule has 0 amide bonds. The van der Waals surface area contributed by atoms with Gasteiger partial charge in [-0.15, -0.1) is 0 Å². The van der Waals surface area contributed by atoms with Crippen LogP contribution >= 0.6 is 0 Å². The zero-order chi connectivity index (χ0) is 15.5. The van der Waals surface area contributed by atoms with Crippen molar-refractivity contribution in [2.75, 3.05) is 26.2 Å². The molecule has 118 valence electrons. The van der Waals surface area contributed by atoms with Crippen molar-refractivity contribution in [3.63, 3.8) is 0 Å². The standard InChI is InChI=1S/C16H22F3NO/c1-12(2)13-9-14(16(17,18)19)11-15(10-13)21-8-7-20-5-3-4-6-20/h9-12H,3-8H2,1-2H3. The van der Waals surface area contributed by atoms with Gasteiger partial charge in [0, 0.05) is 6.54 Å². The van der Waals surface area contributed by atoms with Gasteiger partial charge in [0.05, 0.1) is 5.56 Å². The summed E-state index contributed by atoms with van der Waals surface area (Å²) in [6.45, 7) is 7.07. The van der Waals surface area contributed by atoms with E-state index in [0.717, 1.165) is 25.7 Å². The van der Waals surface area contributed by atoms with Gasteiger partial charge in [-0.05, 0) is 55.6 Å². The first-order chi connectivity index (χ1) is 9.86. The predicted molar refractivity (Wildman–Crippen MR) is 76.7 cm³/mol. The molecule has 0 spiro atoms. The van der Waals surface area contributed by atoms with Crippen LogP contribution in [-0.4, -0.2) is 31.1 Å². The van der Waals surface area contributed by atoms with E-state index in [1.807, 2.05) is 13.8 Å². The van der Waals surface area contributed by atoms with Gasteiger partial charge in [-0.25, -0.2) is 0 Å². The molecule has 0 N–H and O–H groups in total. The number of likely N-dealkylation sites (tertiary alicyclic amines) is 1. The van der Waals surface area contributed by atoms with Crippen LogP contribution in [0.3, 0.4) is 0 Å². The molecule has 2 rings (SSSR count). The van der Waals surface area contributed by atoms with E-state index in [1.165, 1.54) is 18.9 Å². The number of benzene rings is 1. The average Bonchev–Trinajstić information content (AvgIpc) is 2.90. The van der Waals surface area contributed by atoms with E-state index in [-0.39, 0.29) is 5.92 Å². The van der Waals surface area contributed by atoms with Crippen molar-refractivity contribution in [1.29, 1.82) is 0 Å². The fraction of sp³-hybridized carbons (Fsp3) is 0.625. The molecule has 0 radical (unpaired) electrons. The van der Waals surface area contributed by atoms with Gasteiger partial charge in [0.1, 0.15) is 12.4 Å². The first kappa shape index (κ1) is 16.1. The molecule has 1 fully saturated rings. The highest BCUT2D eigenvalue weighted by molar-refractivity contribution is 5.37. The molecule has 0 atom stereocenters. The van der Waals surface area contributed by atoms with E-state index in [0.29, 0.717) is 17.9 Å². The van der Waals surface area contributed by atoms with Gasteiger partial charge in [-0.2, -0.15) is 13.2 Å². The van der Waals surface area contributed by atoms with Crippen LogP contribution in [-0.2, 0) is 6.18 Å². The number of halogens is 3. The van der Waals surface area contributed by atoms with Gasteiger partial charge in [0.15, 0.2) is 0 Å². The normalized spacial score (nSPS) is 16.7. The third-order valence-electron chi connectivity index (χ3n) is 3.80.